The highest BCUT2D eigenvalue weighted by atomic mass is 16.5. The van der Waals surface area contributed by atoms with Gasteiger partial charge in [0.15, 0.2) is 0 Å². The molecule has 0 aliphatic carbocycles. The lowest BCUT2D eigenvalue weighted by Crippen LogP contribution is -2.41. The van der Waals surface area contributed by atoms with Crippen LogP contribution in [0, 0.1) is 0 Å². The molecular formula is C11H23NO2. The summed E-state index contributed by atoms with van der Waals surface area (Å²) in [5.41, 5.74) is 0. The van der Waals surface area contributed by atoms with Crippen LogP contribution >= 0.6 is 0 Å². The molecule has 0 saturated carbocycles. The molecule has 1 amide bonds. The molecule has 0 N–H and O–H groups in total. The standard InChI is InChI=1S/C11H23NO2/c1-5-7-8-12(10(3)6-2)11(13)9-14-4/h10H,5-9H2,1-4H3. The minimum Gasteiger partial charge on any atom is -0.375 e. The molecule has 0 aromatic rings. The Morgan fingerprint density at radius 1 is 1.43 bits per heavy atom. The molecule has 0 saturated heterocycles. The van der Waals surface area contributed by atoms with Gasteiger partial charge in [0.25, 0.3) is 0 Å². The van der Waals surface area contributed by atoms with Crippen LogP contribution in [-0.4, -0.2) is 37.1 Å². The van der Waals surface area contributed by atoms with Gasteiger partial charge < -0.3 is 9.64 Å². The maximum Gasteiger partial charge on any atom is 0.248 e. The van der Waals surface area contributed by atoms with E-state index in [1.54, 1.807) is 7.11 Å². The maximum absolute atomic E-state index is 11.7. The van der Waals surface area contributed by atoms with E-state index in [2.05, 4.69) is 20.8 Å². The van der Waals surface area contributed by atoms with Gasteiger partial charge in [-0.1, -0.05) is 20.3 Å². The summed E-state index contributed by atoms with van der Waals surface area (Å²) in [4.78, 5) is 13.6. The average molecular weight is 201 g/mol. The van der Waals surface area contributed by atoms with Gasteiger partial charge in [-0.05, 0) is 19.8 Å². The molecule has 1 unspecified atom stereocenters. The lowest BCUT2D eigenvalue weighted by Gasteiger charge is -2.28. The van der Waals surface area contributed by atoms with E-state index in [0.29, 0.717) is 6.04 Å². The van der Waals surface area contributed by atoms with E-state index in [9.17, 15) is 4.79 Å². The maximum atomic E-state index is 11.7. The third-order valence-corrected chi connectivity index (χ3v) is 2.46. The van der Waals surface area contributed by atoms with Crippen LogP contribution in [0.25, 0.3) is 0 Å². The molecule has 0 aromatic carbocycles. The quantitative estimate of drug-likeness (QED) is 0.631. The fourth-order valence-electron chi connectivity index (χ4n) is 1.35. The number of unbranched alkanes of at least 4 members (excludes halogenated alkanes) is 1. The van der Waals surface area contributed by atoms with Crippen molar-refractivity contribution in [1.29, 1.82) is 0 Å². The third-order valence-electron chi connectivity index (χ3n) is 2.46. The third kappa shape index (κ3) is 4.61. The van der Waals surface area contributed by atoms with Gasteiger partial charge in [-0.15, -0.1) is 0 Å². The first-order valence-corrected chi connectivity index (χ1v) is 5.45. The minimum atomic E-state index is 0.107. The second-order valence-electron chi connectivity index (χ2n) is 3.63. The summed E-state index contributed by atoms with van der Waals surface area (Å²) in [5.74, 6) is 0.107. The SMILES string of the molecule is CCCCN(C(=O)COC)C(C)CC. The van der Waals surface area contributed by atoms with Crippen LogP contribution in [0.2, 0.25) is 0 Å². The normalized spacial score (nSPS) is 12.6. The van der Waals surface area contributed by atoms with Crippen molar-refractivity contribution in [1.82, 2.24) is 4.90 Å². The van der Waals surface area contributed by atoms with E-state index in [0.717, 1.165) is 25.8 Å². The molecule has 0 spiro atoms. The van der Waals surface area contributed by atoms with E-state index in [4.69, 9.17) is 4.74 Å². The lowest BCUT2D eigenvalue weighted by atomic mass is 10.2. The highest BCUT2D eigenvalue weighted by Crippen LogP contribution is 2.06. The Hall–Kier alpha value is -0.570. The van der Waals surface area contributed by atoms with Gasteiger partial charge in [0.05, 0.1) is 0 Å². The Morgan fingerprint density at radius 3 is 2.50 bits per heavy atom. The number of rotatable bonds is 7. The monoisotopic (exact) mass is 201 g/mol. The molecule has 0 rings (SSSR count). The predicted octanol–water partition coefficient (Wildman–Crippen LogP) is 2.06. The molecule has 84 valence electrons. The summed E-state index contributed by atoms with van der Waals surface area (Å²) < 4.78 is 4.87. The van der Waals surface area contributed by atoms with E-state index in [-0.39, 0.29) is 12.5 Å². The molecule has 0 aliphatic heterocycles. The average Bonchev–Trinajstić information content (AvgIpc) is 2.18. The number of methoxy groups -OCH3 is 1. The van der Waals surface area contributed by atoms with Gasteiger partial charge in [0.2, 0.25) is 5.91 Å². The van der Waals surface area contributed by atoms with Crippen LogP contribution < -0.4 is 0 Å². The zero-order valence-corrected chi connectivity index (χ0v) is 9.88. The Balaban J connectivity index is 4.15. The molecule has 0 radical (unpaired) electrons. The molecule has 0 aliphatic rings. The molecule has 0 fully saturated rings. The summed E-state index contributed by atoms with van der Waals surface area (Å²) in [6, 6.07) is 0.323. The number of carbonyl (C=O) groups is 1. The number of hydrogen-bond donors (Lipinski definition) is 0. The second-order valence-corrected chi connectivity index (χ2v) is 3.63. The van der Waals surface area contributed by atoms with Crippen LogP contribution in [0.15, 0.2) is 0 Å². The van der Waals surface area contributed by atoms with Crippen molar-refractivity contribution >= 4 is 5.91 Å². The van der Waals surface area contributed by atoms with Crippen molar-refractivity contribution in [3.05, 3.63) is 0 Å². The first-order chi connectivity index (χ1) is 6.67. The molecule has 0 heterocycles. The van der Waals surface area contributed by atoms with E-state index in [1.165, 1.54) is 0 Å². The molecule has 1 atom stereocenters. The number of hydrogen-bond acceptors (Lipinski definition) is 2. The largest absolute Gasteiger partial charge is 0.375 e. The Morgan fingerprint density at radius 2 is 2.07 bits per heavy atom. The van der Waals surface area contributed by atoms with Crippen LogP contribution in [-0.2, 0) is 9.53 Å². The summed E-state index contributed by atoms with van der Waals surface area (Å²) >= 11 is 0. The fraction of sp³-hybridized carbons (Fsp3) is 0.909. The van der Waals surface area contributed by atoms with E-state index in [1.807, 2.05) is 4.90 Å². The zero-order chi connectivity index (χ0) is 11.0. The first kappa shape index (κ1) is 13.4. The first-order valence-electron chi connectivity index (χ1n) is 5.45. The smallest absolute Gasteiger partial charge is 0.248 e. The minimum absolute atomic E-state index is 0.107. The molecule has 0 bridgehead atoms. The number of amides is 1. The van der Waals surface area contributed by atoms with Crippen molar-refractivity contribution in [2.45, 2.75) is 46.1 Å². The molecule has 0 aromatic heterocycles. The molecular weight excluding hydrogens is 178 g/mol. The van der Waals surface area contributed by atoms with Gasteiger partial charge in [0.1, 0.15) is 6.61 Å². The van der Waals surface area contributed by atoms with Gasteiger partial charge >= 0.3 is 0 Å². The fourth-order valence-corrected chi connectivity index (χ4v) is 1.35. The zero-order valence-electron chi connectivity index (χ0n) is 9.88. The Labute approximate surface area is 87.4 Å². The van der Waals surface area contributed by atoms with Crippen LogP contribution in [0.4, 0.5) is 0 Å². The van der Waals surface area contributed by atoms with Crippen LogP contribution in [0.5, 0.6) is 0 Å². The van der Waals surface area contributed by atoms with Crippen molar-refractivity contribution < 1.29 is 9.53 Å². The molecule has 14 heavy (non-hydrogen) atoms. The highest BCUT2D eigenvalue weighted by molar-refractivity contribution is 5.77. The summed E-state index contributed by atoms with van der Waals surface area (Å²) in [7, 11) is 1.56. The predicted molar refractivity (Wildman–Crippen MR) is 58.3 cm³/mol. The Kier molecular flexibility index (Phi) is 7.48. The van der Waals surface area contributed by atoms with Gasteiger partial charge in [-0.3, -0.25) is 4.79 Å². The van der Waals surface area contributed by atoms with Gasteiger partial charge in [-0.2, -0.15) is 0 Å². The number of carbonyl (C=O) groups excluding carboxylic acids is 1. The van der Waals surface area contributed by atoms with Crippen LogP contribution in [0.1, 0.15) is 40.0 Å². The van der Waals surface area contributed by atoms with Crippen molar-refractivity contribution in [3.8, 4) is 0 Å². The Bertz CT molecular complexity index is 159. The number of nitrogens with zero attached hydrogens (tertiary/aromatic N) is 1. The van der Waals surface area contributed by atoms with Crippen LogP contribution in [0.3, 0.4) is 0 Å². The molecule has 3 nitrogen and oxygen atoms in total. The summed E-state index contributed by atoms with van der Waals surface area (Å²) in [6.07, 6.45) is 3.19. The topological polar surface area (TPSA) is 29.5 Å². The lowest BCUT2D eigenvalue weighted by molar-refractivity contribution is -0.137. The number of ether oxygens (including phenoxy) is 1. The van der Waals surface area contributed by atoms with Gasteiger partial charge in [0, 0.05) is 19.7 Å². The summed E-state index contributed by atoms with van der Waals surface area (Å²) in [5, 5.41) is 0. The van der Waals surface area contributed by atoms with Gasteiger partial charge in [-0.25, -0.2) is 0 Å². The second kappa shape index (κ2) is 7.80. The van der Waals surface area contributed by atoms with Crippen molar-refractivity contribution in [2.24, 2.45) is 0 Å². The van der Waals surface area contributed by atoms with Crippen molar-refractivity contribution in [3.63, 3.8) is 0 Å². The van der Waals surface area contributed by atoms with Crippen molar-refractivity contribution in [2.75, 3.05) is 20.3 Å². The highest BCUT2D eigenvalue weighted by Gasteiger charge is 2.17. The molecule has 3 heteroatoms. The van der Waals surface area contributed by atoms with E-state index >= 15 is 0 Å². The van der Waals surface area contributed by atoms with E-state index < -0.39 is 0 Å². The summed E-state index contributed by atoms with van der Waals surface area (Å²) in [6.45, 7) is 7.38.